The lowest BCUT2D eigenvalue weighted by Gasteiger charge is -2.08. The molecule has 2 N–H and O–H groups in total. The molecule has 0 fully saturated rings. The standard InChI is InChI=1S/C20H22N2O2S/c1-14(2)20(24)22-17-9-7-16(8-10-17)21-19(23)13-6-15-4-11-18(25-3)12-5-15/h4-14H,1-3H3,(H,21,23)(H,22,24)/b13-6+. The molecule has 0 unspecified atom stereocenters. The maximum Gasteiger partial charge on any atom is 0.248 e. The van der Waals surface area contributed by atoms with Crippen molar-refractivity contribution < 1.29 is 9.59 Å². The fourth-order valence-electron chi connectivity index (χ4n) is 1.99. The van der Waals surface area contributed by atoms with Gasteiger partial charge in [-0.2, -0.15) is 0 Å². The van der Waals surface area contributed by atoms with Crippen molar-refractivity contribution in [1.29, 1.82) is 0 Å². The molecular formula is C20H22N2O2S. The molecular weight excluding hydrogens is 332 g/mol. The largest absolute Gasteiger partial charge is 0.326 e. The van der Waals surface area contributed by atoms with Crippen LogP contribution in [-0.2, 0) is 9.59 Å². The van der Waals surface area contributed by atoms with E-state index in [0.717, 1.165) is 5.56 Å². The van der Waals surface area contributed by atoms with Gasteiger partial charge in [0.25, 0.3) is 0 Å². The zero-order chi connectivity index (χ0) is 18.2. The van der Waals surface area contributed by atoms with E-state index in [0.29, 0.717) is 11.4 Å². The third-order valence-corrected chi connectivity index (χ3v) is 4.23. The van der Waals surface area contributed by atoms with Gasteiger partial charge in [-0.05, 0) is 54.3 Å². The predicted molar refractivity (Wildman–Crippen MR) is 106 cm³/mol. The summed E-state index contributed by atoms with van der Waals surface area (Å²) in [4.78, 5) is 24.8. The molecule has 0 radical (unpaired) electrons. The van der Waals surface area contributed by atoms with E-state index in [1.54, 1.807) is 42.1 Å². The van der Waals surface area contributed by atoms with E-state index < -0.39 is 0 Å². The average molecular weight is 354 g/mol. The summed E-state index contributed by atoms with van der Waals surface area (Å²) < 4.78 is 0. The van der Waals surface area contributed by atoms with Crippen molar-refractivity contribution >= 4 is 41.0 Å². The maximum absolute atomic E-state index is 12.0. The van der Waals surface area contributed by atoms with Gasteiger partial charge in [0, 0.05) is 28.3 Å². The molecule has 0 aliphatic rings. The molecule has 0 saturated heterocycles. The van der Waals surface area contributed by atoms with Crippen LogP contribution in [0.2, 0.25) is 0 Å². The zero-order valence-corrected chi connectivity index (χ0v) is 15.4. The maximum atomic E-state index is 12.0. The normalized spacial score (nSPS) is 10.9. The Morgan fingerprint density at radius 2 is 1.48 bits per heavy atom. The first-order valence-corrected chi connectivity index (χ1v) is 9.24. The highest BCUT2D eigenvalue weighted by Crippen LogP contribution is 2.16. The lowest BCUT2D eigenvalue weighted by atomic mass is 10.2. The second kappa shape index (κ2) is 9.08. The molecule has 2 rings (SSSR count). The van der Waals surface area contributed by atoms with E-state index in [-0.39, 0.29) is 17.7 Å². The Bertz CT molecular complexity index is 750. The van der Waals surface area contributed by atoms with Gasteiger partial charge in [-0.1, -0.05) is 26.0 Å². The van der Waals surface area contributed by atoms with Gasteiger partial charge in [-0.25, -0.2) is 0 Å². The van der Waals surface area contributed by atoms with Crippen molar-refractivity contribution in [2.45, 2.75) is 18.7 Å². The molecule has 0 spiro atoms. The topological polar surface area (TPSA) is 58.2 Å². The van der Waals surface area contributed by atoms with Crippen LogP contribution < -0.4 is 10.6 Å². The summed E-state index contributed by atoms with van der Waals surface area (Å²) in [5.74, 6) is -0.311. The van der Waals surface area contributed by atoms with Crippen LogP contribution in [0.25, 0.3) is 6.08 Å². The van der Waals surface area contributed by atoms with Crippen LogP contribution in [0.5, 0.6) is 0 Å². The Kier molecular flexibility index (Phi) is 6.83. The monoisotopic (exact) mass is 354 g/mol. The Labute approximate surface area is 152 Å². The number of nitrogens with one attached hydrogen (secondary N) is 2. The van der Waals surface area contributed by atoms with Gasteiger partial charge in [0.15, 0.2) is 0 Å². The van der Waals surface area contributed by atoms with Crippen LogP contribution in [0, 0.1) is 5.92 Å². The minimum absolute atomic E-state index is 0.0350. The first kappa shape index (κ1) is 18.8. The smallest absolute Gasteiger partial charge is 0.248 e. The van der Waals surface area contributed by atoms with Crippen molar-refractivity contribution in [2.24, 2.45) is 5.92 Å². The van der Waals surface area contributed by atoms with Crippen LogP contribution in [0.4, 0.5) is 11.4 Å². The van der Waals surface area contributed by atoms with E-state index in [1.165, 1.54) is 11.0 Å². The van der Waals surface area contributed by atoms with E-state index in [1.807, 2.05) is 44.4 Å². The number of benzene rings is 2. The lowest BCUT2D eigenvalue weighted by Crippen LogP contribution is -2.17. The molecule has 5 heteroatoms. The molecule has 0 aliphatic heterocycles. The fraction of sp³-hybridized carbons (Fsp3) is 0.200. The summed E-state index contributed by atoms with van der Waals surface area (Å²) >= 11 is 1.68. The quantitative estimate of drug-likeness (QED) is 0.586. The van der Waals surface area contributed by atoms with E-state index in [9.17, 15) is 9.59 Å². The molecule has 0 aliphatic carbocycles. The number of amides is 2. The molecule has 2 aromatic carbocycles. The highest BCUT2D eigenvalue weighted by Gasteiger charge is 2.06. The molecule has 25 heavy (non-hydrogen) atoms. The van der Waals surface area contributed by atoms with E-state index in [2.05, 4.69) is 10.6 Å². The minimum atomic E-state index is -0.201. The number of hydrogen-bond acceptors (Lipinski definition) is 3. The number of rotatable bonds is 6. The zero-order valence-electron chi connectivity index (χ0n) is 14.6. The third kappa shape index (κ3) is 6.12. The first-order valence-electron chi connectivity index (χ1n) is 8.02. The average Bonchev–Trinajstić information content (AvgIpc) is 2.62. The number of thioether (sulfide) groups is 1. The number of carbonyl (C=O) groups is 2. The summed E-state index contributed by atoms with van der Waals surface area (Å²) in [5.41, 5.74) is 2.36. The second-order valence-corrected chi connectivity index (χ2v) is 6.70. The number of hydrogen-bond donors (Lipinski definition) is 2. The summed E-state index contributed by atoms with van der Waals surface area (Å²) in [6.07, 6.45) is 5.30. The van der Waals surface area contributed by atoms with Crippen LogP contribution in [0.1, 0.15) is 19.4 Å². The van der Waals surface area contributed by atoms with E-state index in [4.69, 9.17) is 0 Å². The second-order valence-electron chi connectivity index (χ2n) is 5.82. The van der Waals surface area contributed by atoms with Crippen LogP contribution in [0.15, 0.2) is 59.5 Å². The highest BCUT2D eigenvalue weighted by atomic mass is 32.2. The molecule has 0 saturated carbocycles. The van der Waals surface area contributed by atoms with E-state index >= 15 is 0 Å². The van der Waals surface area contributed by atoms with Gasteiger partial charge in [0.05, 0.1) is 0 Å². The predicted octanol–water partition coefficient (Wildman–Crippen LogP) is 4.65. The van der Waals surface area contributed by atoms with Crippen LogP contribution >= 0.6 is 11.8 Å². The third-order valence-electron chi connectivity index (χ3n) is 3.49. The molecule has 0 heterocycles. The fourth-order valence-corrected chi connectivity index (χ4v) is 2.40. The number of carbonyl (C=O) groups excluding carboxylic acids is 2. The molecule has 130 valence electrons. The summed E-state index contributed by atoms with van der Waals surface area (Å²) in [6, 6.07) is 15.0. The summed E-state index contributed by atoms with van der Waals surface area (Å²) in [7, 11) is 0. The highest BCUT2D eigenvalue weighted by molar-refractivity contribution is 7.98. The van der Waals surface area contributed by atoms with Crippen LogP contribution in [0.3, 0.4) is 0 Å². The lowest BCUT2D eigenvalue weighted by molar-refractivity contribution is -0.119. The SMILES string of the molecule is CSc1ccc(/C=C/C(=O)Nc2ccc(NC(=O)C(C)C)cc2)cc1. The van der Waals surface area contributed by atoms with Gasteiger partial charge >= 0.3 is 0 Å². The van der Waals surface area contributed by atoms with Crippen LogP contribution in [-0.4, -0.2) is 18.1 Å². The van der Waals surface area contributed by atoms with Gasteiger partial charge in [0.2, 0.25) is 11.8 Å². The van der Waals surface area contributed by atoms with Crippen molar-refractivity contribution in [3.63, 3.8) is 0 Å². The van der Waals surface area contributed by atoms with Crippen molar-refractivity contribution in [3.05, 3.63) is 60.2 Å². The van der Waals surface area contributed by atoms with Crippen molar-refractivity contribution in [1.82, 2.24) is 0 Å². The van der Waals surface area contributed by atoms with Gasteiger partial charge in [0.1, 0.15) is 0 Å². The Morgan fingerprint density at radius 1 is 0.920 bits per heavy atom. The molecule has 0 atom stereocenters. The Balaban J connectivity index is 1.91. The van der Waals surface area contributed by atoms with Gasteiger partial charge < -0.3 is 10.6 Å². The molecule has 2 aromatic rings. The minimum Gasteiger partial charge on any atom is -0.326 e. The molecule has 0 bridgehead atoms. The summed E-state index contributed by atoms with van der Waals surface area (Å²) in [6.45, 7) is 3.68. The molecule has 2 amide bonds. The summed E-state index contributed by atoms with van der Waals surface area (Å²) in [5, 5.41) is 5.61. The van der Waals surface area contributed by atoms with Gasteiger partial charge in [-0.15, -0.1) is 11.8 Å². The van der Waals surface area contributed by atoms with Crippen molar-refractivity contribution in [3.8, 4) is 0 Å². The molecule has 4 nitrogen and oxygen atoms in total. The number of anilines is 2. The Morgan fingerprint density at radius 3 is 2.00 bits per heavy atom. The Hall–Kier alpha value is -2.53. The molecule has 0 aromatic heterocycles. The van der Waals surface area contributed by atoms with Crippen molar-refractivity contribution in [2.75, 3.05) is 16.9 Å². The van der Waals surface area contributed by atoms with Gasteiger partial charge in [-0.3, -0.25) is 9.59 Å². The first-order chi connectivity index (χ1) is 12.0.